The molecule has 0 atom stereocenters. The van der Waals surface area contributed by atoms with E-state index in [9.17, 15) is 9.59 Å². The van der Waals surface area contributed by atoms with Gasteiger partial charge in [-0.3, -0.25) is 14.5 Å². The molecule has 0 bridgehead atoms. The van der Waals surface area contributed by atoms with Gasteiger partial charge in [0.2, 0.25) is 5.91 Å². The van der Waals surface area contributed by atoms with E-state index in [4.69, 9.17) is 26.4 Å². The van der Waals surface area contributed by atoms with Crippen molar-refractivity contribution in [1.29, 1.82) is 0 Å². The van der Waals surface area contributed by atoms with Gasteiger partial charge < -0.3 is 19.5 Å². The lowest BCUT2D eigenvalue weighted by molar-refractivity contribution is -0.122. The fraction of sp³-hybridized carbons (Fsp3) is 0.346. The van der Waals surface area contributed by atoms with Crippen molar-refractivity contribution in [2.45, 2.75) is 32.6 Å². The molecule has 3 rings (SSSR count). The summed E-state index contributed by atoms with van der Waals surface area (Å²) in [4.78, 5) is 27.3. The van der Waals surface area contributed by atoms with Crippen LogP contribution in [0.25, 0.3) is 6.08 Å². The molecule has 1 aliphatic rings. The number of anilines is 1. The van der Waals surface area contributed by atoms with Crippen molar-refractivity contribution >= 4 is 51.9 Å². The Labute approximate surface area is 215 Å². The Hall–Kier alpha value is -3.04. The summed E-state index contributed by atoms with van der Waals surface area (Å²) >= 11 is 6.72. The van der Waals surface area contributed by atoms with Gasteiger partial charge >= 0.3 is 0 Å². The minimum atomic E-state index is -0.0944. The molecule has 0 aliphatic carbocycles. The summed E-state index contributed by atoms with van der Waals surface area (Å²) in [7, 11) is 3.15. The SMILES string of the molecule is CCOc1ccc(NC(=O)CCCCCN2C(=O)/C(=C/c3ccc(OC)c(OC)c3)SC2=S)cc1. The molecule has 1 aliphatic heterocycles. The Morgan fingerprint density at radius 3 is 2.49 bits per heavy atom. The maximum absolute atomic E-state index is 12.9. The van der Waals surface area contributed by atoms with E-state index in [1.54, 1.807) is 25.2 Å². The molecule has 1 fully saturated rings. The zero-order valence-electron chi connectivity index (χ0n) is 20.2. The van der Waals surface area contributed by atoms with Crippen LogP contribution >= 0.6 is 24.0 Å². The summed E-state index contributed by atoms with van der Waals surface area (Å²) in [5, 5.41) is 2.89. The molecule has 186 valence electrons. The van der Waals surface area contributed by atoms with Gasteiger partial charge in [-0.1, -0.05) is 36.5 Å². The van der Waals surface area contributed by atoms with E-state index in [1.807, 2.05) is 49.4 Å². The van der Waals surface area contributed by atoms with Crippen LogP contribution in [0.15, 0.2) is 47.4 Å². The summed E-state index contributed by atoms with van der Waals surface area (Å²) in [6, 6.07) is 12.8. The molecular formula is C26H30N2O5S2. The van der Waals surface area contributed by atoms with Gasteiger partial charge in [0.1, 0.15) is 10.1 Å². The molecule has 2 aromatic carbocycles. The largest absolute Gasteiger partial charge is 0.494 e. The Morgan fingerprint density at radius 2 is 1.80 bits per heavy atom. The van der Waals surface area contributed by atoms with Crippen molar-refractivity contribution in [2.75, 3.05) is 32.7 Å². The summed E-state index contributed by atoms with van der Waals surface area (Å²) in [6.45, 7) is 3.07. The van der Waals surface area contributed by atoms with Crippen molar-refractivity contribution in [1.82, 2.24) is 4.90 Å². The predicted octanol–water partition coefficient (Wildman–Crippen LogP) is 5.50. The average molecular weight is 515 g/mol. The number of rotatable bonds is 12. The summed E-state index contributed by atoms with van der Waals surface area (Å²) < 4.78 is 16.6. The number of ether oxygens (including phenoxy) is 3. The highest BCUT2D eigenvalue weighted by Gasteiger charge is 2.31. The van der Waals surface area contributed by atoms with Gasteiger partial charge in [0.05, 0.1) is 25.7 Å². The molecular weight excluding hydrogens is 484 g/mol. The molecule has 0 radical (unpaired) electrons. The fourth-order valence-electron chi connectivity index (χ4n) is 3.54. The summed E-state index contributed by atoms with van der Waals surface area (Å²) in [5.41, 5.74) is 1.58. The van der Waals surface area contributed by atoms with Crippen LogP contribution in [0.2, 0.25) is 0 Å². The lowest BCUT2D eigenvalue weighted by atomic mass is 10.1. The van der Waals surface area contributed by atoms with E-state index >= 15 is 0 Å². The molecule has 35 heavy (non-hydrogen) atoms. The van der Waals surface area contributed by atoms with Gasteiger partial charge in [-0.2, -0.15) is 0 Å². The number of unbranched alkanes of at least 4 members (excludes halogenated alkanes) is 2. The molecule has 1 saturated heterocycles. The van der Waals surface area contributed by atoms with E-state index in [-0.39, 0.29) is 11.8 Å². The van der Waals surface area contributed by atoms with E-state index in [0.717, 1.165) is 36.3 Å². The predicted molar refractivity (Wildman–Crippen MR) is 144 cm³/mol. The Bertz CT molecular complexity index is 1090. The Balaban J connectivity index is 1.43. The van der Waals surface area contributed by atoms with Gasteiger partial charge in [-0.25, -0.2) is 0 Å². The van der Waals surface area contributed by atoms with Crippen LogP contribution < -0.4 is 19.5 Å². The van der Waals surface area contributed by atoms with Crippen molar-refractivity contribution in [2.24, 2.45) is 0 Å². The minimum Gasteiger partial charge on any atom is -0.494 e. The second kappa shape index (κ2) is 13.2. The normalized spacial score (nSPS) is 14.4. The van der Waals surface area contributed by atoms with Crippen molar-refractivity contribution in [3.63, 3.8) is 0 Å². The summed E-state index contributed by atoms with van der Waals surface area (Å²) in [6.07, 6.45) is 4.56. The van der Waals surface area contributed by atoms with E-state index in [0.29, 0.717) is 40.3 Å². The number of benzene rings is 2. The molecule has 0 saturated carbocycles. The van der Waals surface area contributed by atoms with E-state index < -0.39 is 0 Å². The van der Waals surface area contributed by atoms with Crippen molar-refractivity contribution < 1.29 is 23.8 Å². The topological polar surface area (TPSA) is 77.1 Å². The van der Waals surface area contributed by atoms with Crippen molar-refractivity contribution in [3.05, 3.63) is 52.9 Å². The quantitative estimate of drug-likeness (QED) is 0.228. The Morgan fingerprint density at radius 1 is 1.06 bits per heavy atom. The first-order chi connectivity index (χ1) is 16.9. The van der Waals surface area contributed by atoms with Gasteiger partial charge in [0.15, 0.2) is 11.5 Å². The first kappa shape index (κ1) is 26.6. The number of thiocarbonyl (C=S) groups is 1. The maximum atomic E-state index is 12.9. The fourth-order valence-corrected chi connectivity index (χ4v) is 4.85. The van der Waals surface area contributed by atoms with Crippen LogP contribution in [0.3, 0.4) is 0 Å². The summed E-state index contributed by atoms with van der Waals surface area (Å²) in [5.74, 6) is 1.88. The highest BCUT2D eigenvalue weighted by atomic mass is 32.2. The van der Waals surface area contributed by atoms with Gasteiger partial charge in [0, 0.05) is 18.7 Å². The van der Waals surface area contributed by atoms with E-state index in [1.165, 1.54) is 11.8 Å². The number of hydrogen-bond donors (Lipinski definition) is 1. The number of nitrogens with one attached hydrogen (secondary N) is 1. The second-order valence-corrected chi connectivity index (χ2v) is 9.44. The number of carbonyl (C=O) groups excluding carboxylic acids is 2. The van der Waals surface area contributed by atoms with Gasteiger partial charge in [0.25, 0.3) is 5.91 Å². The van der Waals surface area contributed by atoms with Crippen LogP contribution in [0.4, 0.5) is 5.69 Å². The van der Waals surface area contributed by atoms with Crippen LogP contribution in [0.5, 0.6) is 17.2 Å². The molecule has 2 aromatic rings. The monoisotopic (exact) mass is 514 g/mol. The second-order valence-electron chi connectivity index (χ2n) is 7.76. The zero-order chi connectivity index (χ0) is 25.2. The zero-order valence-corrected chi connectivity index (χ0v) is 21.8. The highest BCUT2D eigenvalue weighted by Crippen LogP contribution is 2.34. The van der Waals surface area contributed by atoms with Crippen LogP contribution in [0.1, 0.15) is 38.2 Å². The lowest BCUT2D eigenvalue weighted by Gasteiger charge is -2.14. The Kier molecular flexibility index (Phi) is 9.98. The minimum absolute atomic E-state index is 0.0300. The molecule has 2 amide bonds. The molecule has 0 spiro atoms. The number of nitrogens with zero attached hydrogens (tertiary/aromatic N) is 1. The third-order valence-corrected chi connectivity index (χ3v) is 6.69. The van der Waals surface area contributed by atoms with E-state index in [2.05, 4.69) is 5.32 Å². The number of methoxy groups -OCH3 is 2. The van der Waals surface area contributed by atoms with Crippen LogP contribution in [0, 0.1) is 0 Å². The van der Waals surface area contributed by atoms with Gasteiger partial charge in [-0.05, 0) is 67.8 Å². The smallest absolute Gasteiger partial charge is 0.266 e. The number of amides is 2. The first-order valence-corrected chi connectivity index (χ1v) is 12.7. The maximum Gasteiger partial charge on any atom is 0.266 e. The lowest BCUT2D eigenvalue weighted by Crippen LogP contribution is -2.29. The van der Waals surface area contributed by atoms with Gasteiger partial charge in [-0.15, -0.1) is 0 Å². The highest BCUT2D eigenvalue weighted by molar-refractivity contribution is 8.26. The molecule has 7 nitrogen and oxygen atoms in total. The molecule has 1 heterocycles. The number of thioether (sulfide) groups is 1. The van der Waals surface area contributed by atoms with Crippen LogP contribution in [-0.4, -0.2) is 48.4 Å². The van der Waals surface area contributed by atoms with Crippen molar-refractivity contribution in [3.8, 4) is 17.2 Å². The molecule has 1 N–H and O–H groups in total. The third-order valence-electron chi connectivity index (χ3n) is 5.31. The first-order valence-electron chi connectivity index (χ1n) is 11.4. The molecule has 0 aromatic heterocycles. The third kappa shape index (κ3) is 7.47. The average Bonchev–Trinajstić information content (AvgIpc) is 3.12. The standard InChI is InChI=1S/C26H30N2O5S2/c1-4-33-20-12-10-19(11-13-20)27-24(29)8-6-5-7-15-28-25(30)23(35-26(28)34)17-18-9-14-21(31-2)22(16-18)32-3/h9-14,16-17H,4-8,15H2,1-3H3,(H,27,29)/b23-17-. The molecule has 9 heteroatoms. The number of carbonyl (C=O) groups is 2. The number of hydrogen-bond acceptors (Lipinski definition) is 7. The molecule has 0 unspecified atom stereocenters. The van der Waals surface area contributed by atoms with Crippen LogP contribution in [-0.2, 0) is 9.59 Å².